The van der Waals surface area contributed by atoms with Gasteiger partial charge in [-0.25, -0.2) is 4.98 Å². The van der Waals surface area contributed by atoms with E-state index >= 15 is 0 Å². The Morgan fingerprint density at radius 1 is 1.54 bits per heavy atom. The minimum atomic E-state index is 0.0445. The molecule has 4 heteroatoms. The Balaban J connectivity index is 2.78. The van der Waals surface area contributed by atoms with E-state index in [1.165, 1.54) is 11.3 Å². The van der Waals surface area contributed by atoms with E-state index in [1.807, 2.05) is 26.2 Å². The van der Waals surface area contributed by atoms with Gasteiger partial charge in [-0.3, -0.25) is 4.79 Å². The second kappa shape index (κ2) is 4.37. The number of carbonyl (C=O) groups excluding carboxylic acids is 1. The number of aromatic nitrogens is 1. The number of hydrogen-bond donors (Lipinski definition) is 0. The molecule has 0 saturated heterocycles. The summed E-state index contributed by atoms with van der Waals surface area (Å²) in [5.74, 6) is 0.0445. The highest BCUT2D eigenvalue weighted by Gasteiger charge is 2.15. The van der Waals surface area contributed by atoms with Crippen molar-refractivity contribution in [3.8, 4) is 0 Å². The largest absolute Gasteiger partial charge is 0.337 e. The summed E-state index contributed by atoms with van der Waals surface area (Å²) in [6, 6.07) is 0. The van der Waals surface area contributed by atoms with Crippen LogP contribution >= 0.6 is 11.3 Å². The van der Waals surface area contributed by atoms with Crippen LogP contribution in [0.15, 0.2) is 5.38 Å². The number of nitrogens with zero attached hydrogens (tertiary/aromatic N) is 2. The van der Waals surface area contributed by atoms with Crippen molar-refractivity contribution in [2.24, 2.45) is 0 Å². The lowest BCUT2D eigenvalue weighted by Gasteiger charge is -2.16. The Hall–Kier alpha value is -0.900. The highest BCUT2D eigenvalue weighted by molar-refractivity contribution is 7.11. The lowest BCUT2D eigenvalue weighted by atomic mass is 10.4. The Kier molecular flexibility index (Phi) is 3.42. The van der Waals surface area contributed by atoms with Gasteiger partial charge >= 0.3 is 0 Å². The first-order valence-corrected chi connectivity index (χ1v) is 5.28. The minimum absolute atomic E-state index is 0.0445. The van der Waals surface area contributed by atoms with E-state index in [0.717, 1.165) is 18.8 Å². The molecule has 0 spiro atoms. The molecule has 1 amide bonds. The van der Waals surface area contributed by atoms with Gasteiger partial charge in [-0.2, -0.15) is 0 Å². The average Bonchev–Trinajstić information content (AvgIpc) is 2.54. The normalized spacial score (nSPS) is 10.1. The summed E-state index contributed by atoms with van der Waals surface area (Å²) in [5.41, 5.74) is 0.917. The first-order valence-electron chi connectivity index (χ1n) is 4.40. The molecule has 0 unspecified atom stereocenters. The molecular weight excluding hydrogens is 184 g/mol. The standard InChI is InChI=1S/C9H14N2OS/c1-4-11(5-2)9(12)8-10-7(3)6-13-8/h6H,4-5H2,1-3H3. The van der Waals surface area contributed by atoms with E-state index in [-0.39, 0.29) is 5.91 Å². The quantitative estimate of drug-likeness (QED) is 0.743. The summed E-state index contributed by atoms with van der Waals surface area (Å²) >= 11 is 1.41. The maximum Gasteiger partial charge on any atom is 0.282 e. The van der Waals surface area contributed by atoms with Gasteiger partial charge in [0.25, 0.3) is 5.91 Å². The van der Waals surface area contributed by atoms with Crippen molar-refractivity contribution in [3.63, 3.8) is 0 Å². The van der Waals surface area contributed by atoms with Gasteiger partial charge in [0.05, 0.1) is 0 Å². The Morgan fingerprint density at radius 3 is 2.54 bits per heavy atom. The fourth-order valence-electron chi connectivity index (χ4n) is 1.10. The van der Waals surface area contributed by atoms with Crippen molar-refractivity contribution in [2.45, 2.75) is 20.8 Å². The van der Waals surface area contributed by atoms with E-state index in [4.69, 9.17) is 0 Å². The second-order valence-electron chi connectivity index (χ2n) is 2.77. The Bertz CT molecular complexity index is 292. The molecule has 0 radical (unpaired) electrons. The van der Waals surface area contributed by atoms with Gasteiger partial charge in [0.15, 0.2) is 5.01 Å². The smallest absolute Gasteiger partial charge is 0.282 e. The molecule has 1 aromatic rings. The van der Waals surface area contributed by atoms with E-state index in [1.54, 1.807) is 4.90 Å². The van der Waals surface area contributed by atoms with Crippen LogP contribution in [0.1, 0.15) is 29.3 Å². The summed E-state index contributed by atoms with van der Waals surface area (Å²) in [6.07, 6.45) is 0. The number of rotatable bonds is 3. The summed E-state index contributed by atoms with van der Waals surface area (Å²) < 4.78 is 0. The monoisotopic (exact) mass is 198 g/mol. The van der Waals surface area contributed by atoms with Gasteiger partial charge in [-0.1, -0.05) is 0 Å². The third-order valence-corrected chi connectivity index (χ3v) is 2.80. The topological polar surface area (TPSA) is 33.2 Å². The van der Waals surface area contributed by atoms with Gasteiger partial charge in [-0.05, 0) is 20.8 Å². The number of aryl methyl sites for hydroxylation is 1. The molecule has 0 bridgehead atoms. The van der Waals surface area contributed by atoms with Gasteiger partial charge in [0.2, 0.25) is 0 Å². The summed E-state index contributed by atoms with van der Waals surface area (Å²) in [4.78, 5) is 17.6. The van der Waals surface area contributed by atoms with Crippen molar-refractivity contribution in [3.05, 3.63) is 16.1 Å². The molecule has 0 aliphatic carbocycles. The van der Waals surface area contributed by atoms with Crippen LogP contribution < -0.4 is 0 Å². The lowest BCUT2D eigenvalue weighted by molar-refractivity contribution is 0.0772. The van der Waals surface area contributed by atoms with Crippen molar-refractivity contribution >= 4 is 17.2 Å². The highest BCUT2D eigenvalue weighted by Crippen LogP contribution is 2.11. The highest BCUT2D eigenvalue weighted by atomic mass is 32.1. The molecule has 3 nitrogen and oxygen atoms in total. The average molecular weight is 198 g/mol. The molecule has 0 fully saturated rings. The van der Waals surface area contributed by atoms with Gasteiger partial charge in [0.1, 0.15) is 0 Å². The molecule has 0 atom stereocenters. The van der Waals surface area contributed by atoms with E-state index in [2.05, 4.69) is 4.98 Å². The zero-order valence-electron chi connectivity index (χ0n) is 8.20. The Morgan fingerprint density at radius 2 is 2.15 bits per heavy atom. The van der Waals surface area contributed by atoms with Crippen LogP contribution in [-0.4, -0.2) is 28.9 Å². The van der Waals surface area contributed by atoms with E-state index in [0.29, 0.717) is 5.01 Å². The zero-order chi connectivity index (χ0) is 9.84. The van der Waals surface area contributed by atoms with Gasteiger partial charge in [-0.15, -0.1) is 11.3 Å². The van der Waals surface area contributed by atoms with Crippen LogP contribution in [-0.2, 0) is 0 Å². The first-order chi connectivity index (χ1) is 6.19. The molecule has 0 aliphatic heterocycles. The minimum Gasteiger partial charge on any atom is -0.337 e. The van der Waals surface area contributed by atoms with Gasteiger partial charge in [0, 0.05) is 24.2 Å². The third kappa shape index (κ3) is 2.28. The molecule has 72 valence electrons. The molecule has 1 rings (SSSR count). The maximum atomic E-state index is 11.7. The SMILES string of the molecule is CCN(CC)C(=O)c1nc(C)cs1. The van der Waals surface area contributed by atoms with Crippen LogP contribution in [0.4, 0.5) is 0 Å². The molecule has 0 aromatic carbocycles. The molecule has 1 heterocycles. The number of hydrogen-bond acceptors (Lipinski definition) is 3. The van der Waals surface area contributed by atoms with E-state index in [9.17, 15) is 4.79 Å². The van der Waals surface area contributed by atoms with Crippen molar-refractivity contribution in [1.82, 2.24) is 9.88 Å². The van der Waals surface area contributed by atoms with Crippen LogP contribution in [0, 0.1) is 6.92 Å². The van der Waals surface area contributed by atoms with Crippen LogP contribution in [0.25, 0.3) is 0 Å². The Labute approximate surface area is 82.4 Å². The maximum absolute atomic E-state index is 11.7. The van der Waals surface area contributed by atoms with Crippen molar-refractivity contribution in [1.29, 1.82) is 0 Å². The lowest BCUT2D eigenvalue weighted by Crippen LogP contribution is -2.30. The summed E-state index contributed by atoms with van der Waals surface area (Å²) in [5, 5.41) is 2.50. The van der Waals surface area contributed by atoms with Crippen LogP contribution in [0.2, 0.25) is 0 Å². The van der Waals surface area contributed by atoms with Crippen LogP contribution in [0.3, 0.4) is 0 Å². The second-order valence-corrected chi connectivity index (χ2v) is 3.63. The van der Waals surface area contributed by atoms with Crippen molar-refractivity contribution < 1.29 is 4.79 Å². The number of thiazole rings is 1. The zero-order valence-corrected chi connectivity index (χ0v) is 9.02. The van der Waals surface area contributed by atoms with E-state index < -0.39 is 0 Å². The molecule has 0 aliphatic rings. The number of carbonyl (C=O) groups is 1. The van der Waals surface area contributed by atoms with Crippen LogP contribution in [0.5, 0.6) is 0 Å². The molecule has 1 aromatic heterocycles. The molecule has 0 N–H and O–H groups in total. The molecule has 0 saturated carbocycles. The predicted molar refractivity (Wildman–Crippen MR) is 54.1 cm³/mol. The fraction of sp³-hybridized carbons (Fsp3) is 0.556. The molecule has 13 heavy (non-hydrogen) atoms. The fourth-order valence-corrected chi connectivity index (χ4v) is 1.86. The summed E-state index contributed by atoms with van der Waals surface area (Å²) in [6.45, 7) is 7.33. The third-order valence-electron chi connectivity index (χ3n) is 1.85. The van der Waals surface area contributed by atoms with Gasteiger partial charge < -0.3 is 4.90 Å². The predicted octanol–water partition coefficient (Wildman–Crippen LogP) is 1.93. The first kappa shape index (κ1) is 10.2. The number of amides is 1. The summed E-state index contributed by atoms with van der Waals surface area (Å²) in [7, 11) is 0. The van der Waals surface area contributed by atoms with Crippen molar-refractivity contribution in [2.75, 3.05) is 13.1 Å². The molecular formula is C9H14N2OS.